The Labute approximate surface area is 339 Å². The summed E-state index contributed by atoms with van der Waals surface area (Å²) in [6.45, 7) is 4.13. The molecule has 0 aromatic rings. The molecule has 0 aliphatic rings. The number of hydrogen-bond donors (Lipinski definition) is 3. The second-order valence-corrected chi connectivity index (χ2v) is 16.9. The van der Waals surface area contributed by atoms with Crippen molar-refractivity contribution in [3.05, 3.63) is 0 Å². The predicted molar refractivity (Wildman–Crippen MR) is 211 cm³/mol. The third-order valence-electron chi connectivity index (χ3n) is 8.35. The molecule has 0 bridgehead atoms. The molecule has 336 valence electrons. The van der Waals surface area contributed by atoms with Crippen LogP contribution in [0.25, 0.3) is 0 Å². The highest BCUT2D eigenvalue weighted by Gasteiger charge is 2.30. The van der Waals surface area contributed by atoms with Gasteiger partial charge < -0.3 is 33.8 Å². The minimum Gasteiger partial charge on any atom is -0.462 e. The molecule has 0 saturated heterocycles. The SMILES string of the molecule is CCCCCCCCC(=O)O[C@H](COC(=O)CCCCCC)COP(=O)(O)OC[C@H](O)COP(=O)(O)OC[C@@H](COC(=O)CCCC)OC(=O)CCCCCCC. The highest BCUT2D eigenvalue weighted by atomic mass is 31.2. The number of phosphoric acid groups is 2. The maximum absolute atomic E-state index is 12.6. The standard InChI is InChI=1S/C38H72O17P2/c1-5-9-13-16-18-21-25-38(43)55-34(29-49-36(41)23-19-15-11-7-3)31-53-57(46,47)51-27-32(39)26-50-56(44,45)52-30-33(28-48-35(40)22-12-8-4)54-37(42)24-20-17-14-10-6-2/h32-34,39H,5-31H2,1-4H3,(H,44,45)(H,46,47)/t32-,33-,34-/m1/s1. The van der Waals surface area contributed by atoms with Crippen LogP contribution in [0.3, 0.4) is 0 Å². The molecule has 0 rings (SSSR count). The quantitative estimate of drug-likeness (QED) is 0.0231. The van der Waals surface area contributed by atoms with Gasteiger partial charge in [-0.2, -0.15) is 0 Å². The normalized spacial score (nSPS) is 15.1. The first-order valence-corrected chi connectivity index (χ1v) is 23.8. The van der Waals surface area contributed by atoms with E-state index < -0.39 is 97.5 Å². The third kappa shape index (κ3) is 34.6. The molecule has 19 heteroatoms. The van der Waals surface area contributed by atoms with E-state index in [0.29, 0.717) is 25.7 Å². The van der Waals surface area contributed by atoms with Crippen molar-refractivity contribution in [1.82, 2.24) is 0 Å². The van der Waals surface area contributed by atoms with E-state index in [2.05, 4.69) is 13.8 Å². The summed E-state index contributed by atoms with van der Waals surface area (Å²) in [5, 5.41) is 10.2. The number of esters is 4. The maximum atomic E-state index is 12.6. The molecule has 17 nitrogen and oxygen atoms in total. The Kier molecular flexibility index (Phi) is 33.7. The second kappa shape index (κ2) is 34.9. The Hall–Kier alpha value is -1.94. The van der Waals surface area contributed by atoms with Gasteiger partial charge in [0.2, 0.25) is 0 Å². The van der Waals surface area contributed by atoms with Gasteiger partial charge in [-0.3, -0.25) is 37.3 Å². The lowest BCUT2D eigenvalue weighted by molar-refractivity contribution is -0.161. The van der Waals surface area contributed by atoms with Crippen LogP contribution in [-0.4, -0.2) is 96.7 Å². The summed E-state index contributed by atoms with van der Waals surface area (Å²) in [7, 11) is -9.78. The minimum atomic E-state index is -4.89. The number of phosphoric ester groups is 2. The number of hydrogen-bond acceptors (Lipinski definition) is 15. The molecule has 5 atom stereocenters. The molecule has 0 aromatic heterocycles. The topological polar surface area (TPSA) is 237 Å². The fourth-order valence-electron chi connectivity index (χ4n) is 5.02. The average Bonchev–Trinajstić information content (AvgIpc) is 3.17. The van der Waals surface area contributed by atoms with Crippen LogP contribution in [0.1, 0.15) is 163 Å². The van der Waals surface area contributed by atoms with E-state index >= 15 is 0 Å². The van der Waals surface area contributed by atoms with E-state index in [1.54, 1.807) is 0 Å². The average molecular weight is 863 g/mol. The molecule has 0 aliphatic carbocycles. The number of aliphatic hydroxyl groups excluding tert-OH is 1. The molecule has 0 aliphatic heterocycles. The first-order chi connectivity index (χ1) is 27.2. The molecule has 0 spiro atoms. The highest BCUT2D eigenvalue weighted by molar-refractivity contribution is 7.47. The van der Waals surface area contributed by atoms with Crippen LogP contribution in [0.4, 0.5) is 0 Å². The summed E-state index contributed by atoms with van der Waals surface area (Å²) in [6.07, 6.45) is 11.2. The van der Waals surface area contributed by atoms with Gasteiger partial charge in [0.15, 0.2) is 12.2 Å². The van der Waals surface area contributed by atoms with E-state index in [1.807, 2.05) is 13.8 Å². The number of carbonyl (C=O) groups is 4. The molecule has 3 N–H and O–H groups in total. The van der Waals surface area contributed by atoms with Crippen molar-refractivity contribution in [3.63, 3.8) is 0 Å². The fraction of sp³-hybridized carbons (Fsp3) is 0.895. The van der Waals surface area contributed by atoms with Gasteiger partial charge in [0.1, 0.15) is 19.3 Å². The van der Waals surface area contributed by atoms with Crippen LogP contribution in [0, 0.1) is 0 Å². The number of carbonyl (C=O) groups excluding carboxylic acids is 4. The van der Waals surface area contributed by atoms with Crippen LogP contribution in [0.15, 0.2) is 0 Å². The lowest BCUT2D eigenvalue weighted by Crippen LogP contribution is -2.30. The number of unbranched alkanes of at least 4 members (excludes halogenated alkanes) is 13. The van der Waals surface area contributed by atoms with Crippen molar-refractivity contribution in [1.29, 1.82) is 0 Å². The van der Waals surface area contributed by atoms with E-state index in [-0.39, 0.29) is 25.7 Å². The smallest absolute Gasteiger partial charge is 0.462 e. The molecule has 0 aromatic carbocycles. The zero-order valence-electron chi connectivity index (χ0n) is 34.8. The first kappa shape index (κ1) is 55.1. The summed E-state index contributed by atoms with van der Waals surface area (Å²) in [4.78, 5) is 69.5. The van der Waals surface area contributed by atoms with Crippen molar-refractivity contribution in [2.45, 2.75) is 181 Å². The third-order valence-corrected chi connectivity index (χ3v) is 10.3. The molecule has 2 unspecified atom stereocenters. The molecular weight excluding hydrogens is 790 g/mol. The molecule has 0 fully saturated rings. The van der Waals surface area contributed by atoms with Gasteiger partial charge in [0.25, 0.3) is 0 Å². The Morgan fingerprint density at radius 1 is 0.421 bits per heavy atom. The van der Waals surface area contributed by atoms with Crippen molar-refractivity contribution >= 4 is 39.5 Å². The number of ether oxygens (including phenoxy) is 4. The van der Waals surface area contributed by atoms with Crippen LogP contribution >= 0.6 is 15.6 Å². The molecule has 57 heavy (non-hydrogen) atoms. The van der Waals surface area contributed by atoms with Gasteiger partial charge in [-0.25, -0.2) is 9.13 Å². The van der Waals surface area contributed by atoms with Crippen LogP contribution < -0.4 is 0 Å². The van der Waals surface area contributed by atoms with Crippen molar-refractivity contribution in [2.24, 2.45) is 0 Å². The van der Waals surface area contributed by atoms with Crippen molar-refractivity contribution in [3.8, 4) is 0 Å². The molecule has 0 heterocycles. The second-order valence-electron chi connectivity index (χ2n) is 14.0. The monoisotopic (exact) mass is 862 g/mol. The Morgan fingerprint density at radius 3 is 1.11 bits per heavy atom. The fourth-order valence-corrected chi connectivity index (χ4v) is 6.59. The predicted octanol–water partition coefficient (Wildman–Crippen LogP) is 7.80. The van der Waals surface area contributed by atoms with Gasteiger partial charge in [0.05, 0.1) is 26.4 Å². The Morgan fingerprint density at radius 2 is 0.719 bits per heavy atom. The molecule has 0 saturated carbocycles. The summed E-state index contributed by atoms with van der Waals surface area (Å²) in [5.74, 6) is -2.25. The molecule has 0 amide bonds. The van der Waals surface area contributed by atoms with E-state index in [1.165, 1.54) is 0 Å². The van der Waals surface area contributed by atoms with Crippen LogP contribution in [0.5, 0.6) is 0 Å². The number of rotatable bonds is 39. The minimum absolute atomic E-state index is 0.0968. The molecule has 0 radical (unpaired) electrons. The zero-order chi connectivity index (χ0) is 42.8. The maximum Gasteiger partial charge on any atom is 0.472 e. The Balaban J connectivity index is 5.06. The van der Waals surface area contributed by atoms with Gasteiger partial charge in [0, 0.05) is 25.7 Å². The summed E-state index contributed by atoms with van der Waals surface area (Å²) < 4.78 is 65.7. The van der Waals surface area contributed by atoms with Gasteiger partial charge in [-0.05, 0) is 25.7 Å². The van der Waals surface area contributed by atoms with Crippen LogP contribution in [0.2, 0.25) is 0 Å². The molecular formula is C38H72O17P2. The summed E-state index contributed by atoms with van der Waals surface area (Å²) >= 11 is 0. The highest BCUT2D eigenvalue weighted by Crippen LogP contribution is 2.45. The Bertz CT molecular complexity index is 1170. The summed E-state index contributed by atoms with van der Waals surface area (Å²) in [5.41, 5.74) is 0. The van der Waals surface area contributed by atoms with E-state index in [4.69, 9.17) is 37.0 Å². The lowest BCUT2D eigenvalue weighted by Gasteiger charge is -2.21. The zero-order valence-corrected chi connectivity index (χ0v) is 36.6. The number of aliphatic hydroxyl groups is 1. The first-order valence-electron chi connectivity index (χ1n) is 20.8. The van der Waals surface area contributed by atoms with Crippen molar-refractivity contribution < 1.29 is 80.2 Å². The van der Waals surface area contributed by atoms with Gasteiger partial charge in [-0.1, -0.05) is 111 Å². The van der Waals surface area contributed by atoms with Gasteiger partial charge >= 0.3 is 39.5 Å². The van der Waals surface area contributed by atoms with E-state index in [9.17, 15) is 43.2 Å². The van der Waals surface area contributed by atoms with E-state index in [0.717, 1.165) is 83.5 Å². The summed E-state index contributed by atoms with van der Waals surface area (Å²) in [6, 6.07) is 0. The largest absolute Gasteiger partial charge is 0.472 e. The van der Waals surface area contributed by atoms with Crippen LogP contribution in [-0.2, 0) is 65.4 Å². The van der Waals surface area contributed by atoms with Crippen molar-refractivity contribution in [2.75, 3.05) is 39.6 Å². The van der Waals surface area contributed by atoms with Gasteiger partial charge in [-0.15, -0.1) is 0 Å². The lowest BCUT2D eigenvalue weighted by atomic mass is 10.1.